The molecule has 0 aromatic carbocycles. The number of halogens is 2. The molecule has 0 aromatic heterocycles. The molecule has 0 heterocycles. The third-order valence-corrected chi connectivity index (χ3v) is 2.09. The molecular weight excluding hydrogens is 209 g/mol. The molecule has 0 aliphatic rings. The van der Waals surface area contributed by atoms with Gasteiger partial charge in [0.05, 0.1) is 0 Å². The third kappa shape index (κ3) is 4.09. The Morgan fingerprint density at radius 3 is 2.64 bits per heavy atom. The molecular formula is C8H11BrFN. The smallest absolute Gasteiger partial charge is 0.135 e. The summed E-state index contributed by atoms with van der Waals surface area (Å²) in [7, 11) is 0. The molecule has 0 saturated heterocycles. The number of nitrogens with zero attached hydrogens (tertiary/aromatic N) is 1. The molecule has 0 fully saturated rings. The molecule has 62 valence electrons. The van der Waals surface area contributed by atoms with Gasteiger partial charge in [-0.15, -0.1) is 0 Å². The SMILES string of the molecule is C=N/C(C)=C/C(F)=C(/Br)CC. The van der Waals surface area contributed by atoms with Gasteiger partial charge in [0.2, 0.25) is 0 Å². The lowest BCUT2D eigenvalue weighted by Crippen LogP contribution is -1.75. The molecule has 0 aromatic rings. The molecule has 0 amide bonds. The first-order chi connectivity index (χ1) is 5.11. The number of hydrogen-bond acceptors (Lipinski definition) is 1. The Morgan fingerprint density at radius 2 is 2.27 bits per heavy atom. The summed E-state index contributed by atoms with van der Waals surface area (Å²) >= 11 is 3.10. The van der Waals surface area contributed by atoms with Crippen LogP contribution in [-0.2, 0) is 0 Å². The fourth-order valence-corrected chi connectivity index (χ4v) is 0.591. The topological polar surface area (TPSA) is 12.4 Å². The van der Waals surface area contributed by atoms with Crippen LogP contribution in [0.3, 0.4) is 0 Å². The first-order valence-electron chi connectivity index (χ1n) is 3.31. The standard InChI is InChI=1S/C8H11BrFN/c1-4-7(9)8(10)5-6(2)11-3/h5H,3-4H2,1-2H3/b6-5+,8-7-. The van der Waals surface area contributed by atoms with Crippen LogP contribution in [0.2, 0.25) is 0 Å². The van der Waals surface area contributed by atoms with Crippen molar-refractivity contribution < 1.29 is 4.39 Å². The van der Waals surface area contributed by atoms with E-state index in [4.69, 9.17) is 0 Å². The summed E-state index contributed by atoms with van der Waals surface area (Å²) in [4.78, 5) is 3.56. The molecule has 0 spiro atoms. The van der Waals surface area contributed by atoms with E-state index in [1.54, 1.807) is 6.92 Å². The van der Waals surface area contributed by atoms with Gasteiger partial charge in [-0.3, -0.25) is 4.99 Å². The van der Waals surface area contributed by atoms with Crippen molar-refractivity contribution in [2.45, 2.75) is 20.3 Å². The van der Waals surface area contributed by atoms with Crippen LogP contribution in [0.5, 0.6) is 0 Å². The molecule has 0 unspecified atom stereocenters. The first-order valence-corrected chi connectivity index (χ1v) is 4.10. The van der Waals surface area contributed by atoms with Crippen LogP contribution in [0.4, 0.5) is 4.39 Å². The fraction of sp³-hybridized carbons (Fsp3) is 0.375. The van der Waals surface area contributed by atoms with Crippen LogP contribution >= 0.6 is 15.9 Å². The highest BCUT2D eigenvalue weighted by molar-refractivity contribution is 9.11. The van der Waals surface area contributed by atoms with Gasteiger partial charge in [0.25, 0.3) is 0 Å². The van der Waals surface area contributed by atoms with Crippen LogP contribution in [0.1, 0.15) is 20.3 Å². The van der Waals surface area contributed by atoms with Crippen LogP contribution in [0.15, 0.2) is 27.1 Å². The van der Waals surface area contributed by atoms with E-state index in [1.165, 1.54) is 6.08 Å². The summed E-state index contributed by atoms with van der Waals surface area (Å²) in [6.07, 6.45) is 1.99. The highest BCUT2D eigenvalue weighted by Gasteiger charge is 1.97. The lowest BCUT2D eigenvalue weighted by molar-refractivity contribution is 0.657. The normalized spacial score (nSPS) is 14.4. The highest BCUT2D eigenvalue weighted by atomic mass is 79.9. The molecule has 0 aliphatic carbocycles. The van der Waals surface area contributed by atoms with Crippen molar-refractivity contribution in [3.05, 3.63) is 22.1 Å². The summed E-state index contributed by atoms with van der Waals surface area (Å²) in [6, 6.07) is 0. The minimum Gasteiger partial charge on any atom is -0.269 e. The maximum absolute atomic E-state index is 12.9. The van der Waals surface area contributed by atoms with Gasteiger partial charge in [0.15, 0.2) is 0 Å². The predicted octanol–water partition coefficient (Wildman–Crippen LogP) is 3.58. The van der Waals surface area contributed by atoms with Crippen molar-refractivity contribution in [3.63, 3.8) is 0 Å². The maximum atomic E-state index is 12.9. The van der Waals surface area contributed by atoms with Gasteiger partial charge in [-0.05, 0) is 26.1 Å². The van der Waals surface area contributed by atoms with Crippen molar-refractivity contribution in [2.75, 3.05) is 0 Å². The monoisotopic (exact) mass is 219 g/mol. The van der Waals surface area contributed by atoms with E-state index in [0.717, 1.165) is 0 Å². The van der Waals surface area contributed by atoms with Crippen molar-refractivity contribution >= 4 is 22.6 Å². The second kappa shape index (κ2) is 5.24. The van der Waals surface area contributed by atoms with Gasteiger partial charge in [-0.1, -0.05) is 22.9 Å². The summed E-state index contributed by atoms with van der Waals surface area (Å²) < 4.78 is 13.5. The molecule has 3 heteroatoms. The quantitative estimate of drug-likeness (QED) is 0.509. The van der Waals surface area contributed by atoms with Gasteiger partial charge in [0, 0.05) is 10.2 Å². The first kappa shape index (κ1) is 10.6. The molecule has 0 bridgehead atoms. The molecule has 0 saturated carbocycles. The molecule has 0 radical (unpaired) electrons. The average Bonchev–Trinajstić information content (AvgIpc) is 2.02. The number of allylic oxidation sites excluding steroid dienone is 4. The molecule has 0 rings (SSSR count). The molecule has 1 nitrogen and oxygen atoms in total. The fourth-order valence-electron chi connectivity index (χ4n) is 0.476. The molecule has 0 atom stereocenters. The van der Waals surface area contributed by atoms with Gasteiger partial charge in [-0.25, -0.2) is 4.39 Å². The van der Waals surface area contributed by atoms with Crippen molar-refractivity contribution in [1.82, 2.24) is 0 Å². The average molecular weight is 220 g/mol. The van der Waals surface area contributed by atoms with E-state index in [0.29, 0.717) is 16.6 Å². The largest absolute Gasteiger partial charge is 0.269 e. The zero-order valence-electron chi connectivity index (χ0n) is 6.69. The summed E-state index contributed by atoms with van der Waals surface area (Å²) in [5.41, 5.74) is 0.577. The zero-order valence-corrected chi connectivity index (χ0v) is 8.28. The minimum absolute atomic E-state index is 0.280. The van der Waals surface area contributed by atoms with Gasteiger partial charge in [0.1, 0.15) is 5.83 Å². The Balaban J connectivity index is 4.49. The molecule has 11 heavy (non-hydrogen) atoms. The second-order valence-electron chi connectivity index (χ2n) is 2.05. The Kier molecular flexibility index (Phi) is 5.03. The van der Waals surface area contributed by atoms with E-state index in [-0.39, 0.29) is 5.83 Å². The Morgan fingerprint density at radius 1 is 1.73 bits per heavy atom. The minimum atomic E-state index is -0.280. The third-order valence-electron chi connectivity index (χ3n) is 1.15. The van der Waals surface area contributed by atoms with E-state index in [2.05, 4.69) is 27.6 Å². The van der Waals surface area contributed by atoms with Crippen LogP contribution in [0.25, 0.3) is 0 Å². The summed E-state index contributed by atoms with van der Waals surface area (Å²) in [6.45, 7) is 6.84. The lowest BCUT2D eigenvalue weighted by Gasteiger charge is -1.94. The zero-order chi connectivity index (χ0) is 8.85. The second-order valence-corrected chi connectivity index (χ2v) is 3.01. The Hall–Kier alpha value is -0.440. The van der Waals surface area contributed by atoms with E-state index in [1.807, 2.05) is 6.92 Å². The van der Waals surface area contributed by atoms with Crippen LogP contribution in [-0.4, -0.2) is 6.72 Å². The summed E-state index contributed by atoms with van der Waals surface area (Å²) in [5.74, 6) is -0.280. The van der Waals surface area contributed by atoms with Crippen molar-refractivity contribution in [1.29, 1.82) is 0 Å². The van der Waals surface area contributed by atoms with E-state index < -0.39 is 0 Å². The van der Waals surface area contributed by atoms with Crippen LogP contribution < -0.4 is 0 Å². The van der Waals surface area contributed by atoms with Crippen LogP contribution in [0, 0.1) is 0 Å². The van der Waals surface area contributed by atoms with Gasteiger partial charge in [-0.2, -0.15) is 0 Å². The lowest BCUT2D eigenvalue weighted by atomic mass is 10.3. The predicted molar refractivity (Wildman–Crippen MR) is 50.7 cm³/mol. The Labute approximate surface area is 74.8 Å². The number of hydrogen-bond donors (Lipinski definition) is 0. The van der Waals surface area contributed by atoms with Gasteiger partial charge >= 0.3 is 0 Å². The Bertz CT molecular complexity index is 206. The number of aliphatic imine (C=N–C) groups is 1. The highest BCUT2D eigenvalue weighted by Crippen LogP contribution is 2.19. The maximum Gasteiger partial charge on any atom is 0.135 e. The van der Waals surface area contributed by atoms with Gasteiger partial charge < -0.3 is 0 Å². The molecule has 0 aliphatic heterocycles. The summed E-state index contributed by atoms with van der Waals surface area (Å²) in [5, 5.41) is 0. The number of rotatable bonds is 3. The van der Waals surface area contributed by atoms with E-state index in [9.17, 15) is 4.39 Å². The van der Waals surface area contributed by atoms with E-state index >= 15 is 0 Å². The van der Waals surface area contributed by atoms with Crippen molar-refractivity contribution in [3.8, 4) is 0 Å². The van der Waals surface area contributed by atoms with Crippen molar-refractivity contribution in [2.24, 2.45) is 4.99 Å². The molecule has 0 N–H and O–H groups in total.